The van der Waals surface area contributed by atoms with E-state index in [9.17, 15) is 19.2 Å². The smallest absolute Gasteiger partial charge is 0.410 e. The van der Waals surface area contributed by atoms with Gasteiger partial charge in [0.25, 0.3) is 5.91 Å². The molecule has 3 saturated heterocycles. The van der Waals surface area contributed by atoms with Crippen LogP contribution in [0.3, 0.4) is 0 Å². The molecular formula is C25H33N5O5. The second-order valence-corrected chi connectivity index (χ2v) is 11.2. The average Bonchev–Trinajstić information content (AvgIpc) is 3.35. The number of pyridine rings is 1. The topological polar surface area (TPSA) is 112 Å². The van der Waals surface area contributed by atoms with Gasteiger partial charge in [0.1, 0.15) is 11.6 Å². The van der Waals surface area contributed by atoms with E-state index >= 15 is 0 Å². The zero-order valence-corrected chi connectivity index (χ0v) is 20.6. The first-order chi connectivity index (χ1) is 16.5. The van der Waals surface area contributed by atoms with Gasteiger partial charge in [0, 0.05) is 32.6 Å². The molecule has 188 valence electrons. The van der Waals surface area contributed by atoms with Crippen LogP contribution < -0.4 is 10.2 Å². The zero-order valence-electron chi connectivity index (χ0n) is 20.6. The Balaban J connectivity index is 1.21. The lowest BCUT2D eigenvalue weighted by Gasteiger charge is -2.40. The van der Waals surface area contributed by atoms with Gasteiger partial charge in [-0.1, -0.05) is 0 Å². The molecule has 0 saturated carbocycles. The van der Waals surface area contributed by atoms with Gasteiger partial charge in [-0.2, -0.15) is 0 Å². The van der Waals surface area contributed by atoms with Crippen LogP contribution in [0.1, 0.15) is 68.9 Å². The van der Waals surface area contributed by atoms with Crippen molar-refractivity contribution in [3.05, 3.63) is 23.5 Å². The lowest BCUT2D eigenvalue weighted by atomic mass is 9.77. The summed E-state index contributed by atoms with van der Waals surface area (Å²) in [7, 11) is 0. The van der Waals surface area contributed by atoms with E-state index < -0.39 is 17.6 Å². The van der Waals surface area contributed by atoms with E-state index in [0.29, 0.717) is 17.7 Å². The normalized spacial score (nSPS) is 24.1. The van der Waals surface area contributed by atoms with Crippen molar-refractivity contribution in [3.8, 4) is 0 Å². The first-order valence-corrected chi connectivity index (χ1v) is 12.4. The van der Waals surface area contributed by atoms with Crippen molar-refractivity contribution in [2.45, 2.75) is 71.1 Å². The van der Waals surface area contributed by atoms with Crippen LogP contribution in [0.4, 0.5) is 10.5 Å². The van der Waals surface area contributed by atoms with Crippen molar-refractivity contribution < 1.29 is 23.9 Å². The average molecular weight is 484 g/mol. The molecule has 1 N–H and O–H groups in total. The van der Waals surface area contributed by atoms with Crippen molar-refractivity contribution in [3.63, 3.8) is 0 Å². The van der Waals surface area contributed by atoms with E-state index in [1.807, 2.05) is 31.7 Å². The van der Waals surface area contributed by atoms with E-state index in [1.165, 1.54) is 4.90 Å². The Morgan fingerprint density at radius 2 is 1.86 bits per heavy atom. The summed E-state index contributed by atoms with van der Waals surface area (Å²) in [6.45, 7) is 9.03. The largest absolute Gasteiger partial charge is 0.444 e. The molecule has 4 aliphatic heterocycles. The van der Waals surface area contributed by atoms with Crippen molar-refractivity contribution in [2.75, 3.05) is 31.1 Å². The Hall–Kier alpha value is -3.17. The number of rotatable bonds is 2. The molecule has 0 bridgehead atoms. The molecule has 35 heavy (non-hydrogen) atoms. The van der Waals surface area contributed by atoms with Gasteiger partial charge >= 0.3 is 6.09 Å². The molecule has 1 aromatic rings. The highest BCUT2D eigenvalue weighted by Gasteiger charge is 2.44. The summed E-state index contributed by atoms with van der Waals surface area (Å²) in [5.74, 6) is -0.919. The molecule has 3 fully saturated rings. The van der Waals surface area contributed by atoms with E-state index in [0.717, 1.165) is 51.1 Å². The van der Waals surface area contributed by atoms with Crippen molar-refractivity contribution in [2.24, 2.45) is 5.41 Å². The minimum absolute atomic E-state index is 0.107. The number of fused-ring (bicyclic) bond motifs is 1. The number of amides is 4. The van der Waals surface area contributed by atoms with Gasteiger partial charge in [-0.05, 0) is 57.9 Å². The number of nitrogens with zero attached hydrogens (tertiary/aromatic N) is 4. The Morgan fingerprint density at radius 3 is 2.54 bits per heavy atom. The van der Waals surface area contributed by atoms with Crippen LogP contribution in [0.15, 0.2) is 12.3 Å². The van der Waals surface area contributed by atoms with Crippen molar-refractivity contribution >= 4 is 29.5 Å². The van der Waals surface area contributed by atoms with Crippen molar-refractivity contribution in [1.82, 2.24) is 20.1 Å². The third-order valence-electron chi connectivity index (χ3n) is 7.63. The fraction of sp³-hybridized carbons (Fsp3) is 0.640. The summed E-state index contributed by atoms with van der Waals surface area (Å²) < 4.78 is 5.55. The molecule has 0 aromatic carbocycles. The molecule has 5 rings (SSSR count). The number of hydrogen-bond donors (Lipinski definition) is 1. The second kappa shape index (κ2) is 8.49. The number of hydrogen-bond acceptors (Lipinski definition) is 7. The molecule has 10 heteroatoms. The Morgan fingerprint density at radius 1 is 1.14 bits per heavy atom. The van der Waals surface area contributed by atoms with Crippen LogP contribution in [-0.4, -0.2) is 76.4 Å². The monoisotopic (exact) mass is 483 g/mol. The summed E-state index contributed by atoms with van der Waals surface area (Å²) in [6, 6.07) is 1.25. The van der Waals surface area contributed by atoms with Crippen LogP contribution in [0.25, 0.3) is 0 Å². The number of carbonyl (C=O) groups is 4. The van der Waals surface area contributed by atoms with Crippen molar-refractivity contribution in [1.29, 1.82) is 0 Å². The van der Waals surface area contributed by atoms with Gasteiger partial charge in [0.05, 0.1) is 29.7 Å². The van der Waals surface area contributed by atoms with Crippen LogP contribution in [0, 0.1) is 5.41 Å². The van der Waals surface area contributed by atoms with Crippen LogP contribution >= 0.6 is 0 Å². The van der Waals surface area contributed by atoms with Gasteiger partial charge in [-0.25, -0.2) is 4.79 Å². The SMILES string of the molecule is CC(C)(C)OC(=O)N1CCC2(CCN(c3cnc4c(c3)C(=O)N(C3CCC(=O)NC3=O)C4)CC2)C1. The maximum Gasteiger partial charge on any atom is 0.410 e. The first kappa shape index (κ1) is 23.6. The highest BCUT2D eigenvalue weighted by molar-refractivity contribution is 6.05. The summed E-state index contributed by atoms with van der Waals surface area (Å²) in [5.41, 5.74) is 1.71. The third kappa shape index (κ3) is 4.58. The summed E-state index contributed by atoms with van der Waals surface area (Å²) in [4.78, 5) is 59.5. The minimum atomic E-state index is -0.636. The molecule has 4 aliphatic rings. The van der Waals surface area contributed by atoms with E-state index in [1.54, 1.807) is 6.20 Å². The zero-order chi connectivity index (χ0) is 25.0. The predicted octanol–water partition coefficient (Wildman–Crippen LogP) is 2.07. The molecule has 4 amide bonds. The molecule has 1 spiro atoms. The van der Waals surface area contributed by atoms with Gasteiger partial charge < -0.3 is 19.4 Å². The number of piperidine rings is 2. The standard InChI is InChI=1S/C25H33N5O5/c1-24(2,3)35-23(34)29-11-8-25(15-29)6-9-28(10-7-25)16-12-17-18(26-13-16)14-30(22(17)33)19-4-5-20(31)27-21(19)32/h12-13,19H,4-11,14-15H2,1-3H3,(H,27,31,32). The summed E-state index contributed by atoms with van der Waals surface area (Å²) in [5, 5.41) is 2.33. The van der Waals surface area contributed by atoms with E-state index in [-0.39, 0.29) is 36.3 Å². The molecule has 0 radical (unpaired) electrons. The number of aromatic nitrogens is 1. The minimum Gasteiger partial charge on any atom is -0.444 e. The number of anilines is 1. The number of likely N-dealkylation sites (tertiary alicyclic amines) is 1. The number of ether oxygens (including phenoxy) is 1. The molecule has 0 aliphatic carbocycles. The van der Waals surface area contributed by atoms with Gasteiger partial charge in [0.15, 0.2) is 0 Å². The fourth-order valence-electron chi connectivity index (χ4n) is 5.65. The van der Waals surface area contributed by atoms with Crippen LogP contribution in [-0.2, 0) is 20.9 Å². The Kier molecular flexibility index (Phi) is 5.72. The van der Waals surface area contributed by atoms with Crippen LogP contribution in [0.2, 0.25) is 0 Å². The van der Waals surface area contributed by atoms with Gasteiger partial charge in [0.2, 0.25) is 11.8 Å². The lowest BCUT2D eigenvalue weighted by molar-refractivity contribution is -0.136. The quantitative estimate of drug-likeness (QED) is 0.641. The Labute approximate surface area is 205 Å². The fourth-order valence-corrected chi connectivity index (χ4v) is 5.65. The highest BCUT2D eigenvalue weighted by atomic mass is 16.6. The number of carbonyl (C=O) groups excluding carboxylic acids is 4. The molecule has 1 unspecified atom stereocenters. The van der Waals surface area contributed by atoms with Gasteiger partial charge in [-0.3, -0.25) is 24.7 Å². The second-order valence-electron chi connectivity index (χ2n) is 11.2. The third-order valence-corrected chi connectivity index (χ3v) is 7.63. The van der Waals surface area contributed by atoms with E-state index in [4.69, 9.17) is 4.74 Å². The molecule has 1 atom stereocenters. The summed E-state index contributed by atoms with van der Waals surface area (Å²) >= 11 is 0. The van der Waals surface area contributed by atoms with Crippen LogP contribution in [0.5, 0.6) is 0 Å². The Bertz CT molecular complexity index is 1070. The lowest BCUT2D eigenvalue weighted by Crippen LogP contribution is -2.52. The molecular weight excluding hydrogens is 450 g/mol. The van der Waals surface area contributed by atoms with Gasteiger partial charge in [-0.15, -0.1) is 0 Å². The van der Waals surface area contributed by atoms with E-state index in [2.05, 4.69) is 15.2 Å². The maximum absolute atomic E-state index is 13.1. The number of nitrogens with one attached hydrogen (secondary N) is 1. The number of imide groups is 1. The molecule has 5 heterocycles. The summed E-state index contributed by atoms with van der Waals surface area (Å²) in [6.07, 6.45) is 5.03. The maximum atomic E-state index is 13.1. The predicted molar refractivity (Wildman–Crippen MR) is 127 cm³/mol. The highest BCUT2D eigenvalue weighted by Crippen LogP contribution is 2.42. The molecule has 1 aromatic heterocycles. The first-order valence-electron chi connectivity index (χ1n) is 12.4. The molecule has 10 nitrogen and oxygen atoms in total.